The lowest BCUT2D eigenvalue weighted by molar-refractivity contribution is 0.169. The second-order valence-corrected chi connectivity index (χ2v) is 9.76. The highest BCUT2D eigenvalue weighted by molar-refractivity contribution is 7.79. The summed E-state index contributed by atoms with van der Waals surface area (Å²) in [5, 5.41) is 44.9. The zero-order valence-electron chi connectivity index (χ0n) is 22.1. The summed E-state index contributed by atoms with van der Waals surface area (Å²) in [7, 11) is -4.67. The molecule has 0 fully saturated rings. The van der Waals surface area contributed by atoms with E-state index in [-0.39, 0.29) is 11.5 Å². The normalized spacial score (nSPS) is 14.3. The molecule has 212 valence electrons. The minimum atomic E-state index is -4.67. The lowest BCUT2D eigenvalue weighted by atomic mass is 10.1. The topological polar surface area (TPSA) is 180 Å². The number of nitrogens with one attached hydrogen (secondary N) is 2. The zero-order valence-corrected chi connectivity index (χ0v) is 22.9. The Morgan fingerprint density at radius 1 is 0.730 bits per heavy atom. The first-order valence-corrected chi connectivity index (χ1v) is 13.8. The maximum Gasteiger partial charge on any atom is 0.394 e. The van der Waals surface area contributed by atoms with Crippen LogP contribution in [-0.2, 0) is 10.4 Å². The number of aromatic hydroxyl groups is 2. The Hall–Kier alpha value is -2.25. The summed E-state index contributed by atoms with van der Waals surface area (Å²) in [6.45, 7) is 9.54. The van der Waals surface area contributed by atoms with Crippen LogP contribution in [0.5, 0.6) is 11.5 Å². The summed E-state index contributed by atoms with van der Waals surface area (Å²) in [5.74, 6) is 0.385. The Bertz CT molecular complexity index is 903. The predicted octanol–water partition coefficient (Wildman–Crippen LogP) is 3.75. The smallest absolute Gasteiger partial charge is 0.394 e. The van der Waals surface area contributed by atoms with E-state index in [1.807, 2.05) is 12.1 Å². The molecule has 0 saturated heterocycles. The van der Waals surface area contributed by atoms with E-state index >= 15 is 0 Å². The van der Waals surface area contributed by atoms with Gasteiger partial charge in [-0.2, -0.15) is 8.42 Å². The maximum atomic E-state index is 9.89. The Morgan fingerprint density at radius 3 is 1.32 bits per heavy atom. The van der Waals surface area contributed by atoms with Crippen LogP contribution in [0.15, 0.2) is 48.5 Å². The van der Waals surface area contributed by atoms with Gasteiger partial charge >= 0.3 is 10.4 Å². The van der Waals surface area contributed by atoms with E-state index in [9.17, 15) is 20.4 Å². The van der Waals surface area contributed by atoms with E-state index in [2.05, 4.69) is 38.3 Å². The van der Waals surface area contributed by atoms with Crippen molar-refractivity contribution in [3.63, 3.8) is 0 Å². The van der Waals surface area contributed by atoms with Gasteiger partial charge in [0.1, 0.15) is 11.5 Å². The summed E-state index contributed by atoms with van der Waals surface area (Å²) in [4.78, 5) is 0. The molecule has 4 atom stereocenters. The molecule has 2 rings (SSSR count). The van der Waals surface area contributed by atoms with Crippen LogP contribution in [-0.4, -0.2) is 63.1 Å². The highest BCUT2D eigenvalue weighted by atomic mass is 32.3. The third-order valence-corrected chi connectivity index (χ3v) is 5.27. The molecule has 37 heavy (non-hydrogen) atoms. The second kappa shape index (κ2) is 18.9. The van der Waals surface area contributed by atoms with E-state index < -0.39 is 22.6 Å². The van der Waals surface area contributed by atoms with E-state index in [0.717, 1.165) is 36.8 Å². The van der Waals surface area contributed by atoms with Crippen molar-refractivity contribution in [1.82, 2.24) is 10.6 Å². The average molecular weight is 545 g/mol. The van der Waals surface area contributed by atoms with Crippen molar-refractivity contribution in [3.05, 3.63) is 59.7 Å². The first kappa shape index (κ1) is 34.8. The Kier molecular flexibility index (Phi) is 17.8. The molecule has 0 spiro atoms. The van der Waals surface area contributed by atoms with Gasteiger partial charge in [-0.3, -0.25) is 9.11 Å². The van der Waals surface area contributed by atoms with Crippen LogP contribution in [0.1, 0.15) is 76.7 Å². The summed E-state index contributed by atoms with van der Waals surface area (Å²) < 4.78 is 31.6. The number of phenols is 2. The summed E-state index contributed by atoms with van der Waals surface area (Å²) in [6.07, 6.45) is 3.35. The lowest BCUT2D eigenvalue weighted by Gasteiger charge is -2.16. The molecule has 8 N–H and O–H groups in total. The number of aliphatic hydroxyl groups excluding tert-OH is 2. The van der Waals surface area contributed by atoms with Gasteiger partial charge in [0.2, 0.25) is 0 Å². The van der Waals surface area contributed by atoms with Crippen molar-refractivity contribution in [2.24, 2.45) is 0 Å². The van der Waals surface area contributed by atoms with Gasteiger partial charge in [-0.15, -0.1) is 0 Å². The monoisotopic (exact) mass is 544 g/mol. The quantitative estimate of drug-likeness (QED) is 0.183. The first-order valence-electron chi connectivity index (χ1n) is 12.4. The lowest BCUT2D eigenvalue weighted by Crippen LogP contribution is -2.30. The highest BCUT2D eigenvalue weighted by Crippen LogP contribution is 2.18. The van der Waals surface area contributed by atoms with Gasteiger partial charge in [-0.05, 0) is 62.1 Å². The summed E-state index contributed by atoms with van der Waals surface area (Å²) in [6, 6.07) is 14.3. The van der Waals surface area contributed by atoms with Crippen molar-refractivity contribution in [2.75, 3.05) is 13.1 Å². The summed E-state index contributed by atoms with van der Waals surface area (Å²) >= 11 is 0. The molecule has 0 heterocycles. The molecule has 2 aromatic rings. The molecule has 0 unspecified atom stereocenters. The third kappa shape index (κ3) is 19.5. The summed E-state index contributed by atoms with van der Waals surface area (Å²) in [5.41, 5.74) is 1.49. The molecule has 0 saturated carbocycles. The number of aliphatic hydroxyl groups is 2. The van der Waals surface area contributed by atoms with Gasteiger partial charge < -0.3 is 31.1 Å². The van der Waals surface area contributed by atoms with Crippen LogP contribution in [0, 0.1) is 0 Å². The number of phenolic OH excluding ortho intramolecular Hbond substituents is 2. The molecule has 0 amide bonds. The number of hydrogen-bond acceptors (Lipinski definition) is 8. The number of benzene rings is 2. The van der Waals surface area contributed by atoms with Crippen molar-refractivity contribution in [1.29, 1.82) is 0 Å². The minimum Gasteiger partial charge on any atom is -0.508 e. The molecule has 0 aliphatic carbocycles. The predicted molar refractivity (Wildman–Crippen MR) is 145 cm³/mol. The Balaban J connectivity index is 0.000000594. The number of hydrogen-bond donors (Lipinski definition) is 8. The van der Waals surface area contributed by atoms with E-state index in [4.69, 9.17) is 17.5 Å². The molecular formula is C26H44N2O8S. The van der Waals surface area contributed by atoms with Crippen LogP contribution >= 0.6 is 0 Å². The molecule has 0 bridgehead atoms. The first-order chi connectivity index (χ1) is 17.3. The van der Waals surface area contributed by atoms with Gasteiger partial charge in [0.15, 0.2) is 0 Å². The second-order valence-electron chi connectivity index (χ2n) is 8.87. The van der Waals surface area contributed by atoms with Crippen molar-refractivity contribution < 1.29 is 37.9 Å². The van der Waals surface area contributed by atoms with Gasteiger partial charge in [0, 0.05) is 25.2 Å². The fourth-order valence-corrected chi connectivity index (χ4v) is 3.40. The van der Waals surface area contributed by atoms with Crippen molar-refractivity contribution >= 4 is 10.4 Å². The Morgan fingerprint density at radius 2 is 1.05 bits per heavy atom. The van der Waals surface area contributed by atoms with Crippen LogP contribution in [0.3, 0.4) is 0 Å². The van der Waals surface area contributed by atoms with Gasteiger partial charge in [0.05, 0.1) is 12.2 Å². The van der Waals surface area contributed by atoms with Crippen LogP contribution < -0.4 is 10.6 Å². The van der Waals surface area contributed by atoms with Gasteiger partial charge in [0.25, 0.3) is 0 Å². The standard InChI is InChI=1S/2C13H21NO2.H2O4S/c2*1-3-5-10(2)14-9-13(16)11-6-4-7-12(15)8-11;1-5(2,3)4/h2*4,6-8,10,13-16H,3,5,9H2,1-2H3;(H2,1,2,3,4)/t2*10-,13+;/m11./s1. The molecule has 2 aromatic carbocycles. The molecule has 11 heteroatoms. The van der Waals surface area contributed by atoms with Crippen molar-refractivity contribution in [2.45, 2.75) is 77.7 Å². The average Bonchev–Trinajstić information content (AvgIpc) is 2.81. The number of rotatable bonds is 12. The molecule has 0 aromatic heterocycles. The largest absolute Gasteiger partial charge is 0.508 e. The van der Waals surface area contributed by atoms with Crippen LogP contribution in [0.2, 0.25) is 0 Å². The fraction of sp³-hybridized carbons (Fsp3) is 0.538. The fourth-order valence-electron chi connectivity index (χ4n) is 3.40. The van der Waals surface area contributed by atoms with E-state index in [1.165, 1.54) is 0 Å². The van der Waals surface area contributed by atoms with E-state index in [0.29, 0.717) is 25.2 Å². The molecule has 10 nitrogen and oxygen atoms in total. The van der Waals surface area contributed by atoms with Crippen LogP contribution in [0.4, 0.5) is 0 Å². The third-order valence-electron chi connectivity index (χ3n) is 5.27. The maximum absolute atomic E-state index is 9.89. The highest BCUT2D eigenvalue weighted by Gasteiger charge is 2.10. The zero-order chi connectivity index (χ0) is 28.4. The van der Waals surface area contributed by atoms with E-state index in [1.54, 1.807) is 36.4 Å². The SMILES string of the molecule is CCC[C@@H](C)NC[C@H](O)c1cccc(O)c1.CCC[C@@H](C)NC[C@H](O)c1cccc(O)c1.O=S(=O)(O)O. The minimum absolute atomic E-state index is 0.193. The van der Waals surface area contributed by atoms with Crippen molar-refractivity contribution in [3.8, 4) is 11.5 Å². The Labute approximate surface area is 221 Å². The molecule has 0 aliphatic heterocycles. The van der Waals surface area contributed by atoms with Gasteiger partial charge in [-0.25, -0.2) is 0 Å². The van der Waals surface area contributed by atoms with Crippen LogP contribution in [0.25, 0.3) is 0 Å². The molecule has 0 aliphatic rings. The molecule has 0 radical (unpaired) electrons. The molecular weight excluding hydrogens is 500 g/mol. The van der Waals surface area contributed by atoms with Gasteiger partial charge in [-0.1, -0.05) is 51.0 Å².